The number of carbonyl (C=O) groups excluding carboxylic acids is 1. The third-order valence-corrected chi connectivity index (χ3v) is 2.95. The van der Waals surface area contributed by atoms with Crippen LogP contribution in [0.2, 0.25) is 5.02 Å². The Labute approximate surface area is 115 Å². The number of carbonyl (C=O) groups is 1. The van der Waals surface area contributed by atoms with Crippen LogP contribution in [-0.4, -0.2) is 16.1 Å². The van der Waals surface area contributed by atoms with Crippen LogP contribution < -0.4 is 5.32 Å². The van der Waals surface area contributed by atoms with Gasteiger partial charge in [-0.25, -0.2) is 0 Å². The molecule has 5 heteroatoms. The first-order valence-corrected chi connectivity index (χ1v) is 5.95. The van der Waals surface area contributed by atoms with Crippen LogP contribution in [0.1, 0.15) is 15.9 Å². The molecular weight excluding hydrogens is 266 g/mol. The lowest BCUT2D eigenvalue weighted by atomic mass is 10.1. The number of nitrogens with one attached hydrogen (secondary N) is 1. The van der Waals surface area contributed by atoms with E-state index in [9.17, 15) is 15.0 Å². The number of benzene rings is 2. The summed E-state index contributed by atoms with van der Waals surface area (Å²) in [5.74, 6) is -0.553. The first kappa shape index (κ1) is 13.2. The zero-order valence-electron chi connectivity index (χ0n) is 10.1. The lowest BCUT2D eigenvalue weighted by Crippen LogP contribution is -2.12. The third-order valence-electron chi connectivity index (χ3n) is 2.66. The number of hydrogen-bond donors (Lipinski definition) is 3. The molecule has 0 aliphatic heterocycles. The van der Waals surface area contributed by atoms with Crippen molar-refractivity contribution >= 4 is 23.2 Å². The Morgan fingerprint density at radius 3 is 2.53 bits per heavy atom. The van der Waals surface area contributed by atoms with Gasteiger partial charge >= 0.3 is 0 Å². The van der Waals surface area contributed by atoms with Crippen molar-refractivity contribution in [1.82, 2.24) is 0 Å². The fourth-order valence-electron chi connectivity index (χ4n) is 1.67. The average molecular weight is 278 g/mol. The molecule has 0 fully saturated rings. The van der Waals surface area contributed by atoms with Gasteiger partial charge in [0.1, 0.15) is 11.5 Å². The molecule has 1 amide bonds. The minimum atomic E-state index is -0.445. The van der Waals surface area contributed by atoms with Gasteiger partial charge in [0.25, 0.3) is 5.91 Å². The van der Waals surface area contributed by atoms with E-state index in [0.29, 0.717) is 11.3 Å². The van der Waals surface area contributed by atoms with E-state index in [4.69, 9.17) is 11.6 Å². The summed E-state index contributed by atoms with van der Waals surface area (Å²) < 4.78 is 0. The Bertz CT molecular complexity index is 617. The van der Waals surface area contributed by atoms with E-state index in [1.807, 2.05) is 0 Å². The number of aromatic hydroxyl groups is 2. The molecule has 0 unspecified atom stereocenters. The highest BCUT2D eigenvalue weighted by atomic mass is 35.5. The van der Waals surface area contributed by atoms with Crippen molar-refractivity contribution < 1.29 is 15.0 Å². The van der Waals surface area contributed by atoms with Crippen LogP contribution in [0.25, 0.3) is 0 Å². The molecule has 4 nitrogen and oxygen atoms in total. The molecule has 0 aliphatic carbocycles. The molecule has 0 saturated heterocycles. The monoisotopic (exact) mass is 277 g/mol. The van der Waals surface area contributed by atoms with E-state index in [2.05, 4.69) is 5.32 Å². The molecule has 2 aromatic carbocycles. The maximum atomic E-state index is 12.0. The summed E-state index contributed by atoms with van der Waals surface area (Å²) in [6.07, 6.45) is 0. The molecule has 0 spiro atoms. The second-order valence-electron chi connectivity index (χ2n) is 4.09. The maximum Gasteiger partial charge on any atom is 0.259 e. The van der Waals surface area contributed by atoms with E-state index in [1.54, 1.807) is 25.1 Å². The van der Waals surface area contributed by atoms with Gasteiger partial charge in [-0.1, -0.05) is 23.7 Å². The first-order valence-electron chi connectivity index (χ1n) is 5.57. The van der Waals surface area contributed by atoms with E-state index >= 15 is 0 Å². The predicted octanol–water partition coefficient (Wildman–Crippen LogP) is 3.31. The van der Waals surface area contributed by atoms with Crippen molar-refractivity contribution in [3.63, 3.8) is 0 Å². The van der Waals surface area contributed by atoms with Crippen LogP contribution in [-0.2, 0) is 0 Å². The lowest BCUT2D eigenvalue weighted by Gasteiger charge is -2.09. The molecule has 0 atom stereocenters. The SMILES string of the molecule is Cc1cc(NC(=O)c2ccccc2O)cc(Cl)c1O. The summed E-state index contributed by atoms with van der Waals surface area (Å²) in [6, 6.07) is 9.28. The Hall–Kier alpha value is -2.20. The Balaban J connectivity index is 2.27. The van der Waals surface area contributed by atoms with Crippen molar-refractivity contribution in [2.24, 2.45) is 0 Å². The number of anilines is 1. The van der Waals surface area contributed by atoms with Crippen molar-refractivity contribution in [1.29, 1.82) is 0 Å². The molecule has 0 aromatic heterocycles. The zero-order valence-corrected chi connectivity index (χ0v) is 10.9. The quantitative estimate of drug-likeness (QED) is 0.738. The number of hydrogen-bond acceptors (Lipinski definition) is 3. The standard InChI is InChI=1S/C14H12ClNO3/c1-8-6-9(7-11(15)13(8)18)16-14(19)10-4-2-3-5-12(10)17/h2-7,17-18H,1H3,(H,16,19). The van der Waals surface area contributed by atoms with E-state index in [0.717, 1.165) is 0 Å². The predicted molar refractivity (Wildman–Crippen MR) is 73.9 cm³/mol. The topological polar surface area (TPSA) is 69.6 Å². The Morgan fingerprint density at radius 1 is 1.21 bits per heavy atom. The van der Waals surface area contributed by atoms with Crippen LogP contribution in [0.5, 0.6) is 11.5 Å². The van der Waals surface area contributed by atoms with Gasteiger partial charge in [-0.05, 0) is 36.8 Å². The lowest BCUT2D eigenvalue weighted by molar-refractivity contribution is 0.102. The van der Waals surface area contributed by atoms with Crippen molar-refractivity contribution in [3.05, 3.63) is 52.5 Å². The number of rotatable bonds is 2. The van der Waals surface area contributed by atoms with Crippen LogP contribution >= 0.6 is 11.6 Å². The van der Waals surface area contributed by atoms with Gasteiger partial charge in [0.2, 0.25) is 0 Å². The molecule has 19 heavy (non-hydrogen) atoms. The van der Waals surface area contributed by atoms with Crippen LogP contribution in [0.3, 0.4) is 0 Å². The van der Waals surface area contributed by atoms with Crippen molar-refractivity contribution in [2.75, 3.05) is 5.32 Å². The first-order chi connectivity index (χ1) is 8.99. The van der Waals surface area contributed by atoms with Crippen molar-refractivity contribution in [3.8, 4) is 11.5 Å². The number of phenols is 2. The van der Waals surface area contributed by atoms with Crippen molar-refractivity contribution in [2.45, 2.75) is 6.92 Å². The number of amides is 1. The maximum absolute atomic E-state index is 12.0. The fraction of sp³-hybridized carbons (Fsp3) is 0.0714. The van der Waals surface area contributed by atoms with Gasteiger partial charge in [-0.2, -0.15) is 0 Å². The number of phenolic OH excluding ortho intramolecular Hbond substituents is 2. The summed E-state index contributed by atoms with van der Waals surface area (Å²) >= 11 is 5.83. The van der Waals surface area contributed by atoms with Gasteiger partial charge < -0.3 is 15.5 Å². The van der Waals surface area contributed by atoms with E-state index in [1.165, 1.54) is 18.2 Å². The van der Waals surface area contributed by atoms with Crippen LogP contribution in [0.15, 0.2) is 36.4 Å². The average Bonchev–Trinajstić information content (AvgIpc) is 2.36. The summed E-state index contributed by atoms with van der Waals surface area (Å²) in [5, 5.41) is 21.9. The second kappa shape index (κ2) is 5.20. The number of para-hydroxylation sites is 1. The molecule has 0 bridgehead atoms. The minimum absolute atomic E-state index is 0.0118. The third kappa shape index (κ3) is 2.80. The summed E-state index contributed by atoms with van der Waals surface area (Å²) in [6.45, 7) is 1.68. The highest BCUT2D eigenvalue weighted by Crippen LogP contribution is 2.31. The van der Waals surface area contributed by atoms with Gasteiger partial charge in [-0.3, -0.25) is 4.79 Å². The molecule has 3 N–H and O–H groups in total. The van der Waals surface area contributed by atoms with Gasteiger partial charge in [0.05, 0.1) is 10.6 Å². The summed E-state index contributed by atoms with van der Waals surface area (Å²) in [7, 11) is 0. The summed E-state index contributed by atoms with van der Waals surface area (Å²) in [4.78, 5) is 12.0. The Morgan fingerprint density at radius 2 is 1.89 bits per heavy atom. The Kier molecular flexibility index (Phi) is 3.62. The number of aryl methyl sites for hydroxylation is 1. The largest absolute Gasteiger partial charge is 0.507 e. The highest BCUT2D eigenvalue weighted by molar-refractivity contribution is 6.32. The molecule has 2 aromatic rings. The highest BCUT2D eigenvalue weighted by Gasteiger charge is 2.12. The van der Waals surface area contributed by atoms with Crippen LogP contribution in [0.4, 0.5) is 5.69 Å². The fourth-order valence-corrected chi connectivity index (χ4v) is 1.94. The molecule has 0 aliphatic rings. The van der Waals surface area contributed by atoms with E-state index in [-0.39, 0.29) is 22.1 Å². The number of halogens is 1. The molecular formula is C14H12ClNO3. The summed E-state index contributed by atoms with van der Waals surface area (Å²) in [5.41, 5.74) is 1.18. The molecule has 0 heterocycles. The van der Waals surface area contributed by atoms with Crippen LogP contribution in [0, 0.1) is 6.92 Å². The molecule has 0 radical (unpaired) electrons. The van der Waals surface area contributed by atoms with E-state index < -0.39 is 5.91 Å². The normalized spacial score (nSPS) is 10.2. The van der Waals surface area contributed by atoms with Gasteiger partial charge in [0.15, 0.2) is 0 Å². The smallest absolute Gasteiger partial charge is 0.259 e. The van der Waals surface area contributed by atoms with Gasteiger partial charge in [0, 0.05) is 5.69 Å². The second-order valence-corrected chi connectivity index (χ2v) is 4.50. The molecule has 0 saturated carbocycles. The zero-order chi connectivity index (χ0) is 14.0. The molecule has 98 valence electrons. The molecule has 2 rings (SSSR count). The minimum Gasteiger partial charge on any atom is -0.507 e. The van der Waals surface area contributed by atoms with Gasteiger partial charge in [-0.15, -0.1) is 0 Å².